The average Bonchev–Trinajstić information content (AvgIpc) is 2.45. The SMILES string of the molecule is COc1ccc(O)c(C=Cc2[nH]c(=O)[nH]c(=O)c2[N+](=O)[O-])c1. The normalized spacial score (nSPS) is 10.8. The highest BCUT2D eigenvalue weighted by atomic mass is 16.6. The van der Waals surface area contributed by atoms with Crippen LogP contribution in [-0.4, -0.2) is 27.1 Å². The maximum atomic E-state index is 11.5. The summed E-state index contributed by atoms with van der Waals surface area (Å²) >= 11 is 0. The van der Waals surface area contributed by atoms with Gasteiger partial charge in [0, 0.05) is 5.56 Å². The van der Waals surface area contributed by atoms with Crippen molar-refractivity contribution in [1.29, 1.82) is 0 Å². The maximum Gasteiger partial charge on any atom is 0.357 e. The predicted molar refractivity (Wildman–Crippen MR) is 77.9 cm³/mol. The van der Waals surface area contributed by atoms with E-state index in [0.29, 0.717) is 11.3 Å². The van der Waals surface area contributed by atoms with Gasteiger partial charge >= 0.3 is 16.9 Å². The van der Waals surface area contributed by atoms with Gasteiger partial charge in [0.15, 0.2) is 0 Å². The van der Waals surface area contributed by atoms with Gasteiger partial charge in [-0.2, -0.15) is 0 Å². The monoisotopic (exact) mass is 305 g/mol. The Morgan fingerprint density at radius 1 is 1.27 bits per heavy atom. The molecule has 0 aliphatic heterocycles. The van der Waals surface area contributed by atoms with Gasteiger partial charge in [-0.05, 0) is 30.4 Å². The molecule has 1 heterocycles. The minimum Gasteiger partial charge on any atom is -0.507 e. The summed E-state index contributed by atoms with van der Waals surface area (Å²) in [5.74, 6) is 0.373. The summed E-state index contributed by atoms with van der Waals surface area (Å²) in [5.41, 5.74) is -2.75. The van der Waals surface area contributed by atoms with E-state index >= 15 is 0 Å². The van der Waals surface area contributed by atoms with Crippen LogP contribution in [0.4, 0.5) is 5.69 Å². The van der Waals surface area contributed by atoms with Gasteiger partial charge in [0.1, 0.15) is 17.2 Å². The first-order valence-corrected chi connectivity index (χ1v) is 5.98. The van der Waals surface area contributed by atoms with Crippen molar-refractivity contribution in [1.82, 2.24) is 9.97 Å². The lowest BCUT2D eigenvalue weighted by Crippen LogP contribution is -2.25. The highest BCUT2D eigenvalue weighted by molar-refractivity contribution is 5.74. The van der Waals surface area contributed by atoms with Crippen molar-refractivity contribution in [3.63, 3.8) is 0 Å². The Morgan fingerprint density at radius 2 is 2.00 bits per heavy atom. The molecule has 0 saturated carbocycles. The zero-order chi connectivity index (χ0) is 16.3. The number of H-pyrrole nitrogens is 2. The number of hydrogen-bond donors (Lipinski definition) is 3. The fraction of sp³-hybridized carbons (Fsp3) is 0.0769. The van der Waals surface area contributed by atoms with Crippen LogP contribution in [0.2, 0.25) is 0 Å². The Balaban J connectivity index is 2.53. The number of hydrogen-bond acceptors (Lipinski definition) is 6. The summed E-state index contributed by atoms with van der Waals surface area (Å²) in [4.78, 5) is 36.6. The number of aromatic nitrogens is 2. The number of rotatable bonds is 4. The average molecular weight is 305 g/mol. The number of phenols is 1. The fourth-order valence-corrected chi connectivity index (χ4v) is 1.77. The van der Waals surface area contributed by atoms with E-state index in [1.165, 1.54) is 31.4 Å². The molecule has 9 heteroatoms. The van der Waals surface area contributed by atoms with E-state index in [-0.39, 0.29) is 11.4 Å². The lowest BCUT2D eigenvalue weighted by Gasteiger charge is -2.03. The Bertz CT molecular complexity index is 865. The van der Waals surface area contributed by atoms with Crippen molar-refractivity contribution in [3.05, 3.63) is 60.4 Å². The Morgan fingerprint density at radius 3 is 2.64 bits per heavy atom. The largest absolute Gasteiger partial charge is 0.507 e. The van der Waals surface area contributed by atoms with Crippen LogP contribution in [0.5, 0.6) is 11.5 Å². The molecule has 3 N–H and O–H groups in total. The molecule has 0 amide bonds. The lowest BCUT2D eigenvalue weighted by molar-refractivity contribution is -0.386. The number of nitrogens with one attached hydrogen (secondary N) is 2. The molecule has 0 spiro atoms. The molecule has 1 aromatic carbocycles. The standard InChI is InChI=1S/C13H11N3O6/c1-22-8-3-5-10(17)7(6-8)2-4-9-11(16(20)21)12(18)15-13(19)14-9/h2-6,17H,1H3,(H2,14,15,18,19). The van der Waals surface area contributed by atoms with Crippen LogP contribution < -0.4 is 16.0 Å². The first kappa shape index (κ1) is 15.0. The van der Waals surface area contributed by atoms with Crippen LogP contribution in [0, 0.1) is 10.1 Å². The van der Waals surface area contributed by atoms with Crippen LogP contribution in [0.15, 0.2) is 27.8 Å². The molecule has 114 valence electrons. The van der Waals surface area contributed by atoms with Crippen LogP contribution in [0.25, 0.3) is 12.2 Å². The maximum absolute atomic E-state index is 11.5. The van der Waals surface area contributed by atoms with Crippen LogP contribution in [0.3, 0.4) is 0 Å². The second kappa shape index (κ2) is 5.95. The third-order valence-electron chi connectivity index (χ3n) is 2.79. The number of methoxy groups -OCH3 is 1. The molecule has 0 unspecified atom stereocenters. The summed E-state index contributed by atoms with van der Waals surface area (Å²) in [7, 11) is 1.44. The highest BCUT2D eigenvalue weighted by Gasteiger charge is 2.18. The van der Waals surface area contributed by atoms with Gasteiger partial charge < -0.3 is 14.8 Å². The summed E-state index contributed by atoms with van der Waals surface area (Å²) in [5, 5.41) is 20.6. The molecular weight excluding hydrogens is 294 g/mol. The minimum atomic E-state index is -1.11. The molecule has 0 atom stereocenters. The van der Waals surface area contributed by atoms with E-state index in [9.17, 15) is 24.8 Å². The van der Waals surface area contributed by atoms with Crippen molar-refractivity contribution in [2.75, 3.05) is 7.11 Å². The predicted octanol–water partition coefficient (Wildman–Crippen LogP) is 0.856. The van der Waals surface area contributed by atoms with Gasteiger partial charge in [-0.25, -0.2) is 4.79 Å². The number of benzene rings is 1. The van der Waals surface area contributed by atoms with Gasteiger partial charge in [-0.1, -0.05) is 0 Å². The second-order valence-electron chi connectivity index (χ2n) is 4.19. The summed E-state index contributed by atoms with van der Waals surface area (Å²) in [6.07, 6.45) is 2.47. The van der Waals surface area contributed by atoms with Crippen LogP contribution in [-0.2, 0) is 0 Å². The number of aromatic hydroxyl groups is 1. The zero-order valence-electron chi connectivity index (χ0n) is 11.3. The van der Waals surface area contributed by atoms with Crippen molar-refractivity contribution in [2.45, 2.75) is 0 Å². The third kappa shape index (κ3) is 3.03. The van der Waals surface area contributed by atoms with E-state index in [2.05, 4.69) is 4.98 Å². The highest BCUT2D eigenvalue weighted by Crippen LogP contribution is 2.25. The lowest BCUT2D eigenvalue weighted by atomic mass is 10.1. The zero-order valence-corrected chi connectivity index (χ0v) is 11.3. The fourth-order valence-electron chi connectivity index (χ4n) is 1.77. The minimum absolute atomic E-state index is 0.0908. The van der Waals surface area contributed by atoms with Gasteiger partial charge in [-0.15, -0.1) is 0 Å². The van der Waals surface area contributed by atoms with Gasteiger partial charge in [0.25, 0.3) is 0 Å². The molecule has 9 nitrogen and oxygen atoms in total. The van der Waals surface area contributed by atoms with E-state index in [1.807, 2.05) is 0 Å². The van der Waals surface area contributed by atoms with Crippen LogP contribution in [0.1, 0.15) is 11.3 Å². The molecule has 2 rings (SSSR count). The topological polar surface area (TPSA) is 138 Å². The van der Waals surface area contributed by atoms with Crippen LogP contribution >= 0.6 is 0 Å². The molecule has 2 aromatic rings. The van der Waals surface area contributed by atoms with E-state index in [4.69, 9.17) is 4.74 Å². The number of phenolic OH excluding ortho intramolecular Hbond substituents is 1. The van der Waals surface area contributed by atoms with Crippen molar-refractivity contribution in [2.24, 2.45) is 0 Å². The number of nitro groups is 1. The van der Waals surface area contributed by atoms with E-state index in [1.54, 1.807) is 4.98 Å². The molecule has 0 fully saturated rings. The molecule has 0 bridgehead atoms. The second-order valence-corrected chi connectivity index (χ2v) is 4.19. The first-order chi connectivity index (χ1) is 10.4. The molecule has 0 aliphatic rings. The molecule has 1 aromatic heterocycles. The summed E-state index contributed by atoms with van der Waals surface area (Å²) in [6, 6.07) is 4.40. The molecule has 22 heavy (non-hydrogen) atoms. The van der Waals surface area contributed by atoms with Crippen molar-refractivity contribution < 1.29 is 14.8 Å². The number of aromatic amines is 2. The Hall–Kier alpha value is -3.36. The van der Waals surface area contributed by atoms with Crippen molar-refractivity contribution in [3.8, 4) is 11.5 Å². The summed E-state index contributed by atoms with van der Waals surface area (Å²) in [6.45, 7) is 0. The summed E-state index contributed by atoms with van der Waals surface area (Å²) < 4.78 is 5.00. The Labute approximate surface area is 122 Å². The first-order valence-electron chi connectivity index (χ1n) is 5.98. The molecule has 0 aliphatic carbocycles. The van der Waals surface area contributed by atoms with E-state index in [0.717, 1.165) is 6.08 Å². The Kier molecular flexibility index (Phi) is 4.07. The van der Waals surface area contributed by atoms with E-state index < -0.39 is 21.9 Å². The molecule has 0 saturated heterocycles. The number of ether oxygens (including phenoxy) is 1. The van der Waals surface area contributed by atoms with Gasteiger partial charge in [0.2, 0.25) is 0 Å². The quantitative estimate of drug-likeness (QED) is 0.565. The number of nitrogens with zero attached hydrogens (tertiary/aromatic N) is 1. The molecule has 0 radical (unpaired) electrons. The smallest absolute Gasteiger partial charge is 0.357 e. The van der Waals surface area contributed by atoms with Gasteiger partial charge in [-0.3, -0.25) is 19.9 Å². The third-order valence-corrected chi connectivity index (χ3v) is 2.79. The van der Waals surface area contributed by atoms with Crippen molar-refractivity contribution >= 4 is 17.8 Å². The van der Waals surface area contributed by atoms with Gasteiger partial charge in [0.05, 0.1) is 12.0 Å². The molecular formula is C13H11N3O6.